The molecule has 1 heterocycles. The van der Waals surface area contributed by atoms with Gasteiger partial charge in [-0.05, 0) is 42.0 Å². The highest BCUT2D eigenvalue weighted by atomic mass is 35.5. The minimum atomic E-state index is 0.838. The topological polar surface area (TPSA) is 12.0 Å². The Hall–Kier alpha value is -0.830. The van der Waals surface area contributed by atoms with Crippen LogP contribution in [0.15, 0.2) is 35.7 Å². The van der Waals surface area contributed by atoms with Crippen LogP contribution in [0.5, 0.6) is 0 Å². The summed E-state index contributed by atoms with van der Waals surface area (Å²) >= 11 is 7.98. The fourth-order valence-electron chi connectivity index (χ4n) is 1.69. The van der Waals surface area contributed by atoms with Crippen molar-refractivity contribution in [1.82, 2.24) is 5.32 Å². The average Bonchev–Trinajstić information content (AvgIpc) is 2.79. The molecule has 0 aliphatic heterocycles. The molecular formula is C14H16ClNS. The van der Waals surface area contributed by atoms with Crippen LogP contribution < -0.4 is 5.32 Å². The number of hydrogen-bond acceptors (Lipinski definition) is 2. The van der Waals surface area contributed by atoms with Crippen LogP contribution in [0, 0.1) is 6.92 Å². The van der Waals surface area contributed by atoms with Crippen molar-refractivity contribution in [1.29, 1.82) is 0 Å². The first kappa shape index (κ1) is 12.6. The fourth-order valence-corrected chi connectivity index (χ4v) is 2.70. The van der Waals surface area contributed by atoms with Crippen molar-refractivity contribution in [2.24, 2.45) is 0 Å². The number of thiophene rings is 1. The van der Waals surface area contributed by atoms with E-state index in [1.165, 1.54) is 16.0 Å². The van der Waals surface area contributed by atoms with Gasteiger partial charge in [0.25, 0.3) is 0 Å². The molecule has 1 aromatic heterocycles. The Morgan fingerprint density at radius 3 is 2.88 bits per heavy atom. The standard InChI is InChI=1S/C14H16ClNS/c1-11-4-5-12(14(15)9-11)10-16-7-6-13-3-2-8-17-13/h2-5,8-9,16H,6-7,10H2,1H3. The van der Waals surface area contributed by atoms with Gasteiger partial charge in [-0.2, -0.15) is 0 Å². The van der Waals surface area contributed by atoms with E-state index in [1.54, 1.807) is 0 Å². The molecule has 0 unspecified atom stereocenters. The highest BCUT2D eigenvalue weighted by molar-refractivity contribution is 7.09. The predicted octanol–water partition coefficient (Wildman–Crippen LogP) is 4.04. The molecule has 0 aliphatic carbocycles. The number of nitrogens with one attached hydrogen (secondary N) is 1. The lowest BCUT2D eigenvalue weighted by Gasteiger charge is -2.06. The van der Waals surface area contributed by atoms with Crippen LogP contribution in [-0.4, -0.2) is 6.54 Å². The third kappa shape index (κ3) is 3.84. The maximum absolute atomic E-state index is 6.17. The summed E-state index contributed by atoms with van der Waals surface area (Å²) in [7, 11) is 0. The van der Waals surface area contributed by atoms with Gasteiger partial charge in [0, 0.05) is 23.0 Å². The number of rotatable bonds is 5. The van der Waals surface area contributed by atoms with Gasteiger partial charge in [0.2, 0.25) is 0 Å². The van der Waals surface area contributed by atoms with Crippen molar-refractivity contribution in [3.8, 4) is 0 Å². The maximum Gasteiger partial charge on any atom is 0.0453 e. The van der Waals surface area contributed by atoms with Crippen LogP contribution in [0.25, 0.3) is 0 Å². The molecule has 1 N–H and O–H groups in total. The quantitative estimate of drug-likeness (QED) is 0.805. The minimum Gasteiger partial charge on any atom is -0.312 e. The van der Waals surface area contributed by atoms with Gasteiger partial charge in [0.15, 0.2) is 0 Å². The Morgan fingerprint density at radius 2 is 2.18 bits per heavy atom. The van der Waals surface area contributed by atoms with Gasteiger partial charge in [-0.3, -0.25) is 0 Å². The van der Waals surface area contributed by atoms with Crippen molar-refractivity contribution in [3.63, 3.8) is 0 Å². The molecule has 1 nitrogen and oxygen atoms in total. The molecule has 0 saturated carbocycles. The molecule has 0 atom stereocenters. The highest BCUT2D eigenvalue weighted by Crippen LogP contribution is 2.17. The van der Waals surface area contributed by atoms with Gasteiger partial charge in [0.1, 0.15) is 0 Å². The van der Waals surface area contributed by atoms with E-state index in [1.807, 2.05) is 17.4 Å². The molecule has 3 heteroatoms. The first-order valence-electron chi connectivity index (χ1n) is 5.74. The third-order valence-corrected chi connectivity index (χ3v) is 3.94. The molecule has 0 aliphatic rings. The second kappa shape index (κ2) is 6.20. The number of hydrogen-bond donors (Lipinski definition) is 1. The highest BCUT2D eigenvalue weighted by Gasteiger charge is 2.00. The lowest BCUT2D eigenvalue weighted by atomic mass is 10.1. The summed E-state index contributed by atoms with van der Waals surface area (Å²) in [5.41, 5.74) is 2.38. The first-order chi connectivity index (χ1) is 8.25. The molecule has 0 spiro atoms. The van der Waals surface area contributed by atoms with Gasteiger partial charge >= 0.3 is 0 Å². The average molecular weight is 266 g/mol. The predicted molar refractivity (Wildman–Crippen MR) is 75.9 cm³/mol. The zero-order valence-electron chi connectivity index (χ0n) is 9.87. The van der Waals surface area contributed by atoms with Crippen molar-refractivity contribution in [3.05, 3.63) is 56.7 Å². The Bertz CT molecular complexity index is 465. The zero-order valence-corrected chi connectivity index (χ0v) is 11.4. The summed E-state index contributed by atoms with van der Waals surface area (Å²) in [6.07, 6.45) is 1.08. The number of halogens is 1. The van der Waals surface area contributed by atoms with Crippen LogP contribution in [-0.2, 0) is 13.0 Å². The number of aryl methyl sites for hydroxylation is 1. The number of benzene rings is 1. The SMILES string of the molecule is Cc1ccc(CNCCc2cccs2)c(Cl)c1. The Labute approximate surface area is 111 Å². The summed E-state index contributed by atoms with van der Waals surface area (Å²) in [4.78, 5) is 1.42. The van der Waals surface area contributed by atoms with E-state index in [-0.39, 0.29) is 0 Å². The molecule has 1 aromatic carbocycles. The van der Waals surface area contributed by atoms with Gasteiger partial charge in [-0.15, -0.1) is 11.3 Å². The second-order valence-electron chi connectivity index (χ2n) is 4.10. The van der Waals surface area contributed by atoms with Gasteiger partial charge in [0.05, 0.1) is 0 Å². The van der Waals surface area contributed by atoms with E-state index in [0.717, 1.165) is 24.5 Å². The molecular weight excluding hydrogens is 250 g/mol. The van der Waals surface area contributed by atoms with E-state index in [0.29, 0.717) is 0 Å². The molecule has 17 heavy (non-hydrogen) atoms. The molecule has 2 aromatic rings. The Balaban J connectivity index is 1.78. The van der Waals surface area contributed by atoms with E-state index in [2.05, 4.69) is 41.9 Å². The summed E-state index contributed by atoms with van der Waals surface area (Å²) in [5, 5.41) is 6.39. The van der Waals surface area contributed by atoms with E-state index in [4.69, 9.17) is 11.6 Å². The van der Waals surface area contributed by atoms with Crippen molar-refractivity contribution >= 4 is 22.9 Å². The van der Waals surface area contributed by atoms with Crippen molar-refractivity contribution in [2.75, 3.05) is 6.54 Å². The fraction of sp³-hybridized carbons (Fsp3) is 0.286. The van der Waals surface area contributed by atoms with Gasteiger partial charge in [-0.25, -0.2) is 0 Å². The van der Waals surface area contributed by atoms with Crippen LogP contribution in [0.4, 0.5) is 0 Å². The molecule has 0 amide bonds. The summed E-state index contributed by atoms with van der Waals surface area (Å²) in [6, 6.07) is 10.5. The normalized spacial score (nSPS) is 10.7. The summed E-state index contributed by atoms with van der Waals surface area (Å²) in [5.74, 6) is 0. The van der Waals surface area contributed by atoms with Crippen LogP contribution >= 0.6 is 22.9 Å². The van der Waals surface area contributed by atoms with Crippen LogP contribution in [0.1, 0.15) is 16.0 Å². The monoisotopic (exact) mass is 265 g/mol. The van der Waals surface area contributed by atoms with Gasteiger partial charge in [-0.1, -0.05) is 29.8 Å². The largest absolute Gasteiger partial charge is 0.312 e. The smallest absolute Gasteiger partial charge is 0.0453 e. The maximum atomic E-state index is 6.17. The van der Waals surface area contributed by atoms with Crippen LogP contribution in [0.3, 0.4) is 0 Å². The van der Waals surface area contributed by atoms with Crippen LogP contribution in [0.2, 0.25) is 5.02 Å². The minimum absolute atomic E-state index is 0.838. The van der Waals surface area contributed by atoms with E-state index >= 15 is 0 Å². The lowest BCUT2D eigenvalue weighted by Crippen LogP contribution is -2.16. The zero-order chi connectivity index (χ0) is 12.1. The Kier molecular flexibility index (Phi) is 4.60. The van der Waals surface area contributed by atoms with E-state index in [9.17, 15) is 0 Å². The second-order valence-corrected chi connectivity index (χ2v) is 5.54. The molecule has 0 saturated heterocycles. The summed E-state index contributed by atoms with van der Waals surface area (Å²) < 4.78 is 0. The summed E-state index contributed by atoms with van der Waals surface area (Å²) in [6.45, 7) is 3.88. The molecule has 90 valence electrons. The molecule has 0 radical (unpaired) electrons. The first-order valence-corrected chi connectivity index (χ1v) is 6.99. The Morgan fingerprint density at radius 1 is 1.29 bits per heavy atom. The lowest BCUT2D eigenvalue weighted by molar-refractivity contribution is 0.690. The molecule has 2 rings (SSSR count). The molecule has 0 bridgehead atoms. The molecule has 0 fully saturated rings. The van der Waals surface area contributed by atoms with Crippen molar-refractivity contribution < 1.29 is 0 Å². The van der Waals surface area contributed by atoms with Gasteiger partial charge < -0.3 is 5.32 Å². The van der Waals surface area contributed by atoms with E-state index < -0.39 is 0 Å². The van der Waals surface area contributed by atoms with Crippen molar-refractivity contribution in [2.45, 2.75) is 19.9 Å². The third-order valence-electron chi connectivity index (χ3n) is 2.65.